The molecule has 0 bridgehead atoms. The normalized spacial score (nSPS) is 18.4. The number of nitrogens with zero attached hydrogens (tertiary/aromatic N) is 3. The lowest BCUT2D eigenvalue weighted by Crippen LogP contribution is -2.35. The van der Waals surface area contributed by atoms with Gasteiger partial charge in [-0.1, -0.05) is 0 Å². The van der Waals surface area contributed by atoms with Gasteiger partial charge >= 0.3 is 0 Å². The Morgan fingerprint density at radius 1 is 0.964 bits per heavy atom. The molecule has 0 atom stereocenters. The van der Waals surface area contributed by atoms with Gasteiger partial charge in [-0.3, -0.25) is 4.98 Å². The van der Waals surface area contributed by atoms with Crippen molar-refractivity contribution in [2.45, 2.75) is 24.7 Å². The molecule has 1 saturated heterocycles. The van der Waals surface area contributed by atoms with E-state index in [0.717, 1.165) is 30.6 Å². The van der Waals surface area contributed by atoms with Crippen molar-refractivity contribution in [2.24, 2.45) is 0 Å². The molecule has 8 heteroatoms. The Bertz CT molecular complexity index is 948. The van der Waals surface area contributed by atoms with E-state index in [2.05, 4.69) is 9.88 Å². The van der Waals surface area contributed by atoms with Crippen molar-refractivity contribution in [2.75, 3.05) is 44.3 Å². The maximum absolute atomic E-state index is 13.2. The van der Waals surface area contributed by atoms with Crippen molar-refractivity contribution >= 4 is 15.7 Å². The third kappa shape index (κ3) is 3.79. The number of ether oxygens (including phenoxy) is 2. The smallest absolute Gasteiger partial charge is 0.243 e. The van der Waals surface area contributed by atoms with Crippen LogP contribution in [0.4, 0.5) is 5.69 Å². The number of hydrogen-bond acceptors (Lipinski definition) is 6. The number of rotatable bonds is 3. The van der Waals surface area contributed by atoms with Crippen molar-refractivity contribution in [3.8, 4) is 11.5 Å². The van der Waals surface area contributed by atoms with E-state index in [1.807, 2.05) is 19.2 Å². The quantitative estimate of drug-likeness (QED) is 0.784. The molecule has 0 spiro atoms. The number of aromatic nitrogens is 1. The highest BCUT2D eigenvalue weighted by Crippen LogP contribution is 2.33. The van der Waals surface area contributed by atoms with Gasteiger partial charge in [-0.2, -0.15) is 4.31 Å². The molecule has 2 aromatic rings. The van der Waals surface area contributed by atoms with Crippen LogP contribution in [-0.4, -0.2) is 57.1 Å². The minimum atomic E-state index is -3.59. The van der Waals surface area contributed by atoms with Crippen LogP contribution in [0.25, 0.3) is 0 Å². The molecule has 2 aliphatic rings. The van der Waals surface area contributed by atoms with Crippen LogP contribution in [-0.2, 0) is 10.0 Å². The Morgan fingerprint density at radius 3 is 2.61 bits per heavy atom. The summed E-state index contributed by atoms with van der Waals surface area (Å²) in [7, 11) is -3.59. The van der Waals surface area contributed by atoms with Crippen LogP contribution in [0.2, 0.25) is 0 Å². The number of aryl methyl sites for hydroxylation is 1. The zero-order chi connectivity index (χ0) is 19.6. The lowest BCUT2D eigenvalue weighted by molar-refractivity contribution is 0.296. The standard InChI is InChI=1S/C20H25N3O4S/c1-16-15-21-7-6-18(16)22-8-2-9-23(11-10-22)28(24,25)17-4-5-19-20(14-17)27-13-3-12-26-19/h4-7,14-15H,2-3,8-13H2,1H3. The number of fused-ring (bicyclic) bond motifs is 1. The minimum absolute atomic E-state index is 0.255. The zero-order valence-electron chi connectivity index (χ0n) is 16.0. The predicted octanol–water partition coefficient (Wildman–Crippen LogP) is 2.45. The van der Waals surface area contributed by atoms with Crippen LogP contribution >= 0.6 is 0 Å². The number of pyridine rings is 1. The fourth-order valence-corrected chi connectivity index (χ4v) is 5.13. The second kappa shape index (κ2) is 7.97. The Morgan fingerprint density at radius 2 is 1.79 bits per heavy atom. The van der Waals surface area contributed by atoms with Crippen LogP contribution in [0, 0.1) is 6.92 Å². The molecule has 0 N–H and O–H groups in total. The molecule has 7 nitrogen and oxygen atoms in total. The summed E-state index contributed by atoms with van der Waals surface area (Å²) in [5.74, 6) is 1.11. The number of hydrogen-bond donors (Lipinski definition) is 0. The molecule has 1 fully saturated rings. The van der Waals surface area contributed by atoms with Gasteiger partial charge in [0, 0.05) is 56.7 Å². The first-order valence-corrected chi connectivity index (χ1v) is 11.0. The molecule has 0 unspecified atom stereocenters. The molecule has 28 heavy (non-hydrogen) atoms. The summed E-state index contributed by atoms with van der Waals surface area (Å²) in [6, 6.07) is 6.88. The molecule has 0 amide bonds. The summed E-state index contributed by atoms with van der Waals surface area (Å²) >= 11 is 0. The summed E-state index contributed by atoms with van der Waals surface area (Å²) in [6.45, 7) is 5.54. The molecular formula is C20H25N3O4S. The van der Waals surface area contributed by atoms with Gasteiger partial charge in [0.15, 0.2) is 11.5 Å². The van der Waals surface area contributed by atoms with E-state index in [-0.39, 0.29) is 4.90 Å². The zero-order valence-corrected chi connectivity index (χ0v) is 16.8. The Labute approximate surface area is 165 Å². The van der Waals surface area contributed by atoms with Gasteiger partial charge in [0.25, 0.3) is 0 Å². The molecule has 1 aromatic heterocycles. The fourth-order valence-electron chi connectivity index (χ4n) is 3.65. The van der Waals surface area contributed by atoms with Crippen molar-refractivity contribution in [3.05, 3.63) is 42.2 Å². The van der Waals surface area contributed by atoms with Crippen molar-refractivity contribution in [3.63, 3.8) is 0 Å². The molecule has 2 aliphatic heterocycles. The first-order chi connectivity index (χ1) is 13.6. The van der Waals surface area contributed by atoms with E-state index in [1.165, 1.54) is 0 Å². The SMILES string of the molecule is Cc1cnccc1N1CCCN(S(=O)(=O)c2ccc3c(c2)OCCCO3)CC1. The third-order valence-electron chi connectivity index (χ3n) is 5.14. The first-order valence-electron chi connectivity index (χ1n) is 9.61. The summed E-state index contributed by atoms with van der Waals surface area (Å²) < 4.78 is 39.3. The predicted molar refractivity (Wildman–Crippen MR) is 107 cm³/mol. The van der Waals surface area contributed by atoms with Gasteiger partial charge in [0.1, 0.15) is 0 Å². The summed E-state index contributed by atoms with van der Waals surface area (Å²) in [4.78, 5) is 6.64. The lowest BCUT2D eigenvalue weighted by atomic mass is 10.2. The highest BCUT2D eigenvalue weighted by Gasteiger charge is 2.28. The van der Waals surface area contributed by atoms with Crippen molar-refractivity contribution < 1.29 is 17.9 Å². The van der Waals surface area contributed by atoms with Gasteiger partial charge in [-0.05, 0) is 37.1 Å². The minimum Gasteiger partial charge on any atom is -0.490 e. The molecule has 3 heterocycles. The molecule has 1 aromatic carbocycles. The fraction of sp³-hybridized carbons (Fsp3) is 0.450. The highest BCUT2D eigenvalue weighted by molar-refractivity contribution is 7.89. The number of benzene rings is 1. The highest BCUT2D eigenvalue weighted by atomic mass is 32.2. The lowest BCUT2D eigenvalue weighted by Gasteiger charge is -2.25. The monoisotopic (exact) mass is 403 g/mol. The second-order valence-electron chi connectivity index (χ2n) is 7.07. The van der Waals surface area contributed by atoms with E-state index >= 15 is 0 Å². The average molecular weight is 404 g/mol. The Hall–Kier alpha value is -2.32. The van der Waals surface area contributed by atoms with Gasteiger partial charge in [0.05, 0.1) is 18.1 Å². The largest absolute Gasteiger partial charge is 0.490 e. The van der Waals surface area contributed by atoms with E-state index < -0.39 is 10.0 Å². The van der Waals surface area contributed by atoms with Crippen molar-refractivity contribution in [1.29, 1.82) is 0 Å². The van der Waals surface area contributed by atoms with E-state index in [9.17, 15) is 8.42 Å². The Balaban J connectivity index is 1.54. The van der Waals surface area contributed by atoms with E-state index in [4.69, 9.17) is 9.47 Å². The topological polar surface area (TPSA) is 72.0 Å². The van der Waals surface area contributed by atoms with Gasteiger partial charge in [-0.15, -0.1) is 0 Å². The molecule has 0 radical (unpaired) electrons. The van der Waals surface area contributed by atoms with Crippen LogP contribution < -0.4 is 14.4 Å². The van der Waals surface area contributed by atoms with Crippen LogP contribution in [0.3, 0.4) is 0 Å². The maximum Gasteiger partial charge on any atom is 0.243 e. The number of sulfonamides is 1. The van der Waals surface area contributed by atoms with Crippen LogP contribution in [0.5, 0.6) is 11.5 Å². The summed E-state index contributed by atoms with van der Waals surface area (Å²) in [5, 5.41) is 0. The summed E-state index contributed by atoms with van der Waals surface area (Å²) in [5.41, 5.74) is 2.21. The molecule has 0 saturated carbocycles. The summed E-state index contributed by atoms with van der Waals surface area (Å²) in [6.07, 6.45) is 5.17. The van der Waals surface area contributed by atoms with Crippen molar-refractivity contribution in [1.82, 2.24) is 9.29 Å². The van der Waals surface area contributed by atoms with Gasteiger partial charge in [-0.25, -0.2) is 8.42 Å². The first kappa shape index (κ1) is 19.0. The van der Waals surface area contributed by atoms with Crippen LogP contribution in [0.1, 0.15) is 18.4 Å². The molecular weight excluding hydrogens is 378 g/mol. The second-order valence-corrected chi connectivity index (χ2v) is 9.00. The molecule has 150 valence electrons. The molecule has 0 aliphatic carbocycles. The van der Waals surface area contributed by atoms with Gasteiger partial charge in [0.2, 0.25) is 10.0 Å². The van der Waals surface area contributed by atoms with Crippen LogP contribution in [0.15, 0.2) is 41.6 Å². The molecule has 4 rings (SSSR count). The number of anilines is 1. The maximum atomic E-state index is 13.2. The average Bonchev–Trinajstić information content (AvgIpc) is 3.09. The van der Waals surface area contributed by atoms with Gasteiger partial charge < -0.3 is 14.4 Å². The van der Waals surface area contributed by atoms with E-state index in [1.54, 1.807) is 28.7 Å². The third-order valence-corrected chi connectivity index (χ3v) is 7.04. The Kier molecular flexibility index (Phi) is 5.41. The van der Waals surface area contributed by atoms with E-state index in [0.29, 0.717) is 44.3 Å².